The van der Waals surface area contributed by atoms with E-state index in [2.05, 4.69) is 15.3 Å². The summed E-state index contributed by atoms with van der Waals surface area (Å²) in [6.45, 7) is 0.366. The summed E-state index contributed by atoms with van der Waals surface area (Å²) in [6.07, 6.45) is 4.75. The molecule has 0 bridgehead atoms. The van der Waals surface area contributed by atoms with Crippen molar-refractivity contribution in [2.75, 3.05) is 12.3 Å². The SMILES string of the molecule is O=S1(=O)CCC[C@H]1CN[C@@H](c1ccc(F)cc1)c1ncc[nH]1. The second-order valence-electron chi connectivity index (χ2n) is 5.50. The Morgan fingerprint density at radius 2 is 2.14 bits per heavy atom. The van der Waals surface area contributed by atoms with Crippen LogP contribution in [0.4, 0.5) is 4.39 Å². The summed E-state index contributed by atoms with van der Waals surface area (Å²) in [5, 5.41) is 2.90. The van der Waals surface area contributed by atoms with Crippen LogP contribution in [0.25, 0.3) is 0 Å². The number of halogens is 1. The van der Waals surface area contributed by atoms with E-state index in [-0.39, 0.29) is 22.9 Å². The van der Waals surface area contributed by atoms with Gasteiger partial charge in [-0.15, -0.1) is 0 Å². The number of nitrogens with zero attached hydrogens (tertiary/aromatic N) is 1. The van der Waals surface area contributed by atoms with Crippen LogP contribution in [0.2, 0.25) is 0 Å². The molecule has 0 unspecified atom stereocenters. The first-order chi connectivity index (χ1) is 10.6. The third-order valence-corrected chi connectivity index (χ3v) is 6.28. The molecule has 0 amide bonds. The van der Waals surface area contributed by atoms with E-state index in [1.165, 1.54) is 12.1 Å². The van der Waals surface area contributed by atoms with E-state index in [4.69, 9.17) is 0 Å². The molecule has 1 aromatic carbocycles. The van der Waals surface area contributed by atoms with Crippen molar-refractivity contribution in [2.24, 2.45) is 0 Å². The number of rotatable bonds is 5. The van der Waals surface area contributed by atoms with Crippen molar-refractivity contribution in [3.8, 4) is 0 Å². The topological polar surface area (TPSA) is 74.8 Å². The molecule has 2 heterocycles. The minimum atomic E-state index is -2.99. The highest BCUT2D eigenvalue weighted by Gasteiger charge is 2.32. The van der Waals surface area contributed by atoms with Gasteiger partial charge in [-0.1, -0.05) is 12.1 Å². The van der Waals surface area contributed by atoms with Gasteiger partial charge in [0.25, 0.3) is 0 Å². The molecule has 1 aromatic heterocycles. The molecule has 0 saturated carbocycles. The number of sulfone groups is 1. The zero-order valence-corrected chi connectivity index (χ0v) is 12.8. The minimum absolute atomic E-state index is 0.265. The van der Waals surface area contributed by atoms with Crippen LogP contribution in [0.5, 0.6) is 0 Å². The lowest BCUT2D eigenvalue weighted by atomic mass is 10.1. The first-order valence-electron chi connectivity index (χ1n) is 7.26. The van der Waals surface area contributed by atoms with Crippen molar-refractivity contribution in [1.82, 2.24) is 15.3 Å². The maximum Gasteiger partial charge on any atom is 0.154 e. The summed E-state index contributed by atoms with van der Waals surface area (Å²) in [4.78, 5) is 7.27. The Bertz CT molecular complexity index is 714. The van der Waals surface area contributed by atoms with Crippen LogP contribution in [-0.4, -0.2) is 35.9 Å². The zero-order valence-electron chi connectivity index (χ0n) is 12.0. The maximum atomic E-state index is 13.1. The van der Waals surface area contributed by atoms with E-state index < -0.39 is 9.84 Å². The van der Waals surface area contributed by atoms with Crippen molar-refractivity contribution in [2.45, 2.75) is 24.1 Å². The third-order valence-electron chi connectivity index (χ3n) is 4.01. The average molecular weight is 323 g/mol. The number of aromatic amines is 1. The quantitative estimate of drug-likeness (QED) is 0.880. The van der Waals surface area contributed by atoms with E-state index in [0.29, 0.717) is 18.8 Å². The Balaban J connectivity index is 1.79. The van der Waals surface area contributed by atoms with Crippen molar-refractivity contribution < 1.29 is 12.8 Å². The molecule has 0 radical (unpaired) electrons. The molecule has 2 atom stereocenters. The maximum absolute atomic E-state index is 13.1. The monoisotopic (exact) mass is 323 g/mol. The summed E-state index contributed by atoms with van der Waals surface area (Å²) in [7, 11) is -2.99. The van der Waals surface area contributed by atoms with Gasteiger partial charge in [-0.05, 0) is 30.5 Å². The van der Waals surface area contributed by atoms with Gasteiger partial charge in [-0.3, -0.25) is 0 Å². The number of benzene rings is 1. The van der Waals surface area contributed by atoms with Gasteiger partial charge in [0.2, 0.25) is 0 Å². The summed E-state index contributed by atoms with van der Waals surface area (Å²) in [5.74, 6) is 0.642. The number of imidazole rings is 1. The van der Waals surface area contributed by atoms with Crippen molar-refractivity contribution in [3.63, 3.8) is 0 Å². The number of nitrogens with one attached hydrogen (secondary N) is 2. The normalized spacial score (nSPS) is 21.8. The first-order valence-corrected chi connectivity index (χ1v) is 8.97. The number of aromatic nitrogens is 2. The summed E-state index contributed by atoms with van der Waals surface area (Å²) in [6, 6.07) is 5.85. The van der Waals surface area contributed by atoms with Gasteiger partial charge >= 0.3 is 0 Å². The van der Waals surface area contributed by atoms with Gasteiger partial charge in [-0.25, -0.2) is 17.8 Å². The van der Waals surface area contributed by atoms with Crippen LogP contribution >= 0.6 is 0 Å². The molecule has 118 valence electrons. The zero-order chi connectivity index (χ0) is 15.6. The second-order valence-corrected chi connectivity index (χ2v) is 7.90. The molecule has 1 fully saturated rings. The van der Waals surface area contributed by atoms with Crippen molar-refractivity contribution >= 4 is 9.84 Å². The number of hydrogen-bond donors (Lipinski definition) is 2. The van der Waals surface area contributed by atoms with Crippen LogP contribution in [0, 0.1) is 5.82 Å². The van der Waals surface area contributed by atoms with Gasteiger partial charge in [0.1, 0.15) is 11.6 Å². The van der Waals surface area contributed by atoms with E-state index in [1.54, 1.807) is 24.5 Å². The van der Waals surface area contributed by atoms with E-state index in [1.807, 2.05) is 0 Å². The smallest absolute Gasteiger partial charge is 0.154 e. The molecule has 0 aliphatic carbocycles. The van der Waals surface area contributed by atoms with Gasteiger partial charge in [0, 0.05) is 18.9 Å². The summed E-state index contributed by atoms with van der Waals surface area (Å²) in [5.41, 5.74) is 0.840. The highest BCUT2D eigenvalue weighted by Crippen LogP contribution is 2.23. The highest BCUT2D eigenvalue weighted by atomic mass is 32.2. The molecular formula is C15H18FN3O2S. The Morgan fingerprint density at radius 3 is 2.73 bits per heavy atom. The Labute approximate surface area is 128 Å². The van der Waals surface area contributed by atoms with Gasteiger partial charge < -0.3 is 10.3 Å². The van der Waals surface area contributed by atoms with Crippen LogP contribution in [0.1, 0.15) is 30.3 Å². The molecular weight excluding hydrogens is 305 g/mol. The lowest BCUT2D eigenvalue weighted by Gasteiger charge is -2.19. The molecule has 0 spiro atoms. The number of hydrogen-bond acceptors (Lipinski definition) is 4. The fraction of sp³-hybridized carbons (Fsp3) is 0.400. The Hall–Kier alpha value is -1.73. The predicted octanol–water partition coefficient (Wildman–Crippen LogP) is 1.80. The Morgan fingerprint density at radius 1 is 1.36 bits per heavy atom. The molecule has 5 nitrogen and oxygen atoms in total. The van der Waals surface area contributed by atoms with Crippen molar-refractivity contribution in [3.05, 3.63) is 53.9 Å². The third kappa shape index (κ3) is 3.20. The van der Waals surface area contributed by atoms with Crippen LogP contribution in [0.3, 0.4) is 0 Å². The minimum Gasteiger partial charge on any atom is -0.347 e. The van der Waals surface area contributed by atoms with E-state index >= 15 is 0 Å². The van der Waals surface area contributed by atoms with Gasteiger partial charge in [-0.2, -0.15) is 0 Å². The Kier molecular flexibility index (Phi) is 4.26. The molecule has 2 aromatic rings. The van der Waals surface area contributed by atoms with Crippen LogP contribution in [0.15, 0.2) is 36.7 Å². The fourth-order valence-electron chi connectivity index (χ4n) is 2.80. The van der Waals surface area contributed by atoms with Gasteiger partial charge in [0.15, 0.2) is 9.84 Å². The fourth-order valence-corrected chi connectivity index (χ4v) is 4.58. The molecule has 7 heteroatoms. The van der Waals surface area contributed by atoms with E-state index in [9.17, 15) is 12.8 Å². The molecule has 22 heavy (non-hydrogen) atoms. The predicted molar refractivity (Wildman–Crippen MR) is 81.6 cm³/mol. The molecule has 1 aliphatic rings. The van der Waals surface area contributed by atoms with Crippen LogP contribution in [-0.2, 0) is 9.84 Å². The van der Waals surface area contributed by atoms with E-state index in [0.717, 1.165) is 12.0 Å². The molecule has 2 N–H and O–H groups in total. The second kappa shape index (κ2) is 6.18. The standard InChI is InChI=1S/C15H18FN3O2S/c16-12-5-3-11(4-6-12)14(15-17-7-8-18-15)19-10-13-2-1-9-22(13,20)21/h3-8,13-14,19H,1-2,9-10H2,(H,17,18)/t13-,14-/m0/s1. The number of H-pyrrole nitrogens is 1. The van der Waals surface area contributed by atoms with Crippen LogP contribution < -0.4 is 5.32 Å². The molecule has 1 saturated heterocycles. The average Bonchev–Trinajstić information content (AvgIpc) is 3.11. The molecule has 1 aliphatic heterocycles. The lowest BCUT2D eigenvalue weighted by Crippen LogP contribution is -2.34. The summed E-state index contributed by atoms with van der Waals surface area (Å²) < 4.78 is 37.0. The van der Waals surface area contributed by atoms with Crippen molar-refractivity contribution in [1.29, 1.82) is 0 Å². The van der Waals surface area contributed by atoms with Gasteiger partial charge in [0.05, 0.1) is 17.0 Å². The highest BCUT2D eigenvalue weighted by molar-refractivity contribution is 7.92. The lowest BCUT2D eigenvalue weighted by molar-refractivity contribution is 0.541. The molecule has 3 rings (SSSR count). The first kappa shape index (κ1) is 15.2. The summed E-state index contributed by atoms with van der Waals surface area (Å²) >= 11 is 0. The largest absolute Gasteiger partial charge is 0.347 e.